The highest BCUT2D eigenvalue weighted by atomic mass is 16.6. The van der Waals surface area contributed by atoms with Crippen molar-refractivity contribution in [3.05, 3.63) is 36.5 Å². The zero-order valence-electron chi connectivity index (χ0n) is 50.6. The minimum absolute atomic E-state index is 0.0730. The van der Waals surface area contributed by atoms with E-state index in [2.05, 4.69) is 57.2 Å². The van der Waals surface area contributed by atoms with E-state index in [1.165, 1.54) is 250 Å². The predicted octanol–water partition coefficient (Wildman–Crippen LogP) is 22.8. The van der Waals surface area contributed by atoms with Crippen LogP contribution in [-0.4, -0.2) is 37.2 Å². The maximum atomic E-state index is 12.9. The number of hydrogen-bond donors (Lipinski definition) is 0. The van der Waals surface area contributed by atoms with Crippen molar-refractivity contribution >= 4 is 17.9 Å². The Labute approximate surface area is 467 Å². The van der Waals surface area contributed by atoms with Crippen LogP contribution >= 0.6 is 0 Å². The Balaban J connectivity index is 4.31. The number of carbonyl (C=O) groups is 3. The van der Waals surface area contributed by atoms with Gasteiger partial charge in [0.2, 0.25) is 0 Å². The van der Waals surface area contributed by atoms with Crippen LogP contribution in [0.15, 0.2) is 36.5 Å². The van der Waals surface area contributed by atoms with Crippen molar-refractivity contribution in [2.45, 2.75) is 374 Å². The Kier molecular flexibility index (Phi) is 62.1. The molecule has 0 amide bonds. The van der Waals surface area contributed by atoms with Crippen molar-refractivity contribution in [2.24, 2.45) is 0 Å². The van der Waals surface area contributed by atoms with E-state index < -0.39 is 6.10 Å². The number of allylic oxidation sites excluding steroid dienone is 6. The number of rotatable bonds is 62. The number of hydrogen-bond acceptors (Lipinski definition) is 6. The standard InChI is InChI=1S/C69H128O6/c1-4-7-10-13-16-19-22-25-28-31-33-34-35-37-38-41-44-47-50-53-56-59-62-68(71)74-65-66(64-73-67(70)61-58-55-52-49-46-43-40-30-27-24-21-18-15-12-9-6-3)75-69(72)63-60-57-54-51-48-45-42-39-36-32-29-26-23-20-17-14-11-8-5-2/h21,24,26,29-30,40,66H,4-20,22-23,25,27-28,31-39,41-65H2,1-3H3/b24-21-,29-26-,40-30-. The second kappa shape index (κ2) is 64.2. The van der Waals surface area contributed by atoms with Crippen molar-refractivity contribution in [3.8, 4) is 0 Å². The van der Waals surface area contributed by atoms with Crippen LogP contribution in [0.2, 0.25) is 0 Å². The Morgan fingerprint density at radius 1 is 0.267 bits per heavy atom. The van der Waals surface area contributed by atoms with E-state index in [0.717, 1.165) is 77.0 Å². The van der Waals surface area contributed by atoms with Gasteiger partial charge in [0.15, 0.2) is 6.10 Å². The molecule has 6 nitrogen and oxygen atoms in total. The van der Waals surface area contributed by atoms with Crippen LogP contribution in [0.5, 0.6) is 0 Å². The lowest BCUT2D eigenvalue weighted by molar-refractivity contribution is -0.167. The monoisotopic (exact) mass is 1050 g/mol. The molecule has 0 saturated heterocycles. The average Bonchev–Trinajstić information content (AvgIpc) is 3.41. The summed E-state index contributed by atoms with van der Waals surface area (Å²) in [6.07, 6.45) is 78.7. The van der Waals surface area contributed by atoms with E-state index in [9.17, 15) is 14.4 Å². The summed E-state index contributed by atoms with van der Waals surface area (Å²) in [6, 6.07) is 0. The molecule has 0 rings (SSSR count). The largest absolute Gasteiger partial charge is 0.462 e. The molecule has 0 radical (unpaired) electrons. The molecule has 0 aliphatic heterocycles. The molecule has 0 aliphatic carbocycles. The van der Waals surface area contributed by atoms with Gasteiger partial charge in [-0.1, -0.05) is 308 Å². The fourth-order valence-corrected chi connectivity index (χ4v) is 10.1. The van der Waals surface area contributed by atoms with Gasteiger partial charge in [-0.25, -0.2) is 0 Å². The van der Waals surface area contributed by atoms with E-state index in [1.54, 1.807) is 0 Å². The van der Waals surface area contributed by atoms with Crippen LogP contribution in [0.4, 0.5) is 0 Å². The summed E-state index contributed by atoms with van der Waals surface area (Å²) >= 11 is 0. The summed E-state index contributed by atoms with van der Waals surface area (Å²) in [4.78, 5) is 38.4. The maximum absolute atomic E-state index is 12.9. The Morgan fingerprint density at radius 3 is 0.760 bits per heavy atom. The van der Waals surface area contributed by atoms with Crippen molar-refractivity contribution in [2.75, 3.05) is 13.2 Å². The summed E-state index contributed by atoms with van der Waals surface area (Å²) in [5.41, 5.74) is 0. The zero-order valence-corrected chi connectivity index (χ0v) is 50.6. The SMILES string of the molecule is CCCCCC/C=C\C/C=C\CCCCCCCC(=O)OCC(COC(=O)CCCCCCCCCCCCCCCCCCCCCCCC)OC(=O)CCCCCCCCCCC/C=C\CCCCCCCC. The van der Waals surface area contributed by atoms with Crippen molar-refractivity contribution in [1.82, 2.24) is 0 Å². The first-order chi connectivity index (χ1) is 37.0. The summed E-state index contributed by atoms with van der Waals surface area (Å²) in [7, 11) is 0. The molecule has 0 fully saturated rings. The Morgan fingerprint density at radius 2 is 0.480 bits per heavy atom. The fourth-order valence-electron chi connectivity index (χ4n) is 10.1. The zero-order chi connectivity index (χ0) is 54.3. The molecule has 0 bridgehead atoms. The van der Waals surface area contributed by atoms with E-state index in [4.69, 9.17) is 14.2 Å². The van der Waals surface area contributed by atoms with Gasteiger partial charge in [-0.2, -0.15) is 0 Å². The first kappa shape index (κ1) is 72.6. The third-order valence-electron chi connectivity index (χ3n) is 15.1. The molecule has 440 valence electrons. The summed E-state index contributed by atoms with van der Waals surface area (Å²) in [5, 5.41) is 0. The van der Waals surface area contributed by atoms with E-state index in [1.807, 2.05) is 0 Å². The predicted molar refractivity (Wildman–Crippen MR) is 326 cm³/mol. The van der Waals surface area contributed by atoms with Gasteiger partial charge in [0, 0.05) is 19.3 Å². The normalized spacial score (nSPS) is 12.2. The lowest BCUT2D eigenvalue weighted by Crippen LogP contribution is -2.30. The van der Waals surface area contributed by atoms with Gasteiger partial charge in [0.1, 0.15) is 13.2 Å². The van der Waals surface area contributed by atoms with Crippen LogP contribution in [0, 0.1) is 0 Å². The van der Waals surface area contributed by atoms with E-state index >= 15 is 0 Å². The van der Waals surface area contributed by atoms with Crippen molar-refractivity contribution < 1.29 is 28.6 Å². The second-order valence-corrected chi connectivity index (χ2v) is 22.7. The molecule has 0 spiro atoms. The highest BCUT2D eigenvalue weighted by Gasteiger charge is 2.19. The van der Waals surface area contributed by atoms with Gasteiger partial charge >= 0.3 is 17.9 Å². The van der Waals surface area contributed by atoms with Crippen molar-refractivity contribution in [3.63, 3.8) is 0 Å². The lowest BCUT2D eigenvalue weighted by Gasteiger charge is -2.18. The summed E-state index contributed by atoms with van der Waals surface area (Å²) in [5.74, 6) is -0.863. The quantitative estimate of drug-likeness (QED) is 0.0261. The molecule has 0 aliphatic rings. The van der Waals surface area contributed by atoms with Gasteiger partial charge in [-0.05, 0) is 77.0 Å². The molecule has 0 aromatic carbocycles. The first-order valence-corrected chi connectivity index (χ1v) is 33.5. The highest BCUT2D eigenvalue weighted by molar-refractivity contribution is 5.71. The minimum atomic E-state index is -0.778. The molecule has 75 heavy (non-hydrogen) atoms. The Bertz CT molecular complexity index is 1250. The number of esters is 3. The summed E-state index contributed by atoms with van der Waals surface area (Å²) < 4.78 is 17.0. The number of carbonyl (C=O) groups excluding carboxylic acids is 3. The molecule has 1 unspecified atom stereocenters. The number of unbranched alkanes of at least 4 members (excludes halogenated alkanes) is 45. The third kappa shape index (κ3) is 62.4. The summed E-state index contributed by atoms with van der Waals surface area (Å²) in [6.45, 7) is 6.67. The molecule has 0 heterocycles. The van der Waals surface area contributed by atoms with Gasteiger partial charge in [0.25, 0.3) is 0 Å². The fraction of sp³-hybridized carbons (Fsp3) is 0.870. The molecule has 0 N–H and O–H groups in total. The second-order valence-electron chi connectivity index (χ2n) is 22.7. The highest BCUT2D eigenvalue weighted by Crippen LogP contribution is 2.18. The van der Waals surface area contributed by atoms with Crippen LogP contribution in [0.1, 0.15) is 367 Å². The third-order valence-corrected chi connectivity index (χ3v) is 15.1. The number of ether oxygens (including phenoxy) is 3. The van der Waals surface area contributed by atoms with Gasteiger partial charge in [-0.3, -0.25) is 14.4 Å². The van der Waals surface area contributed by atoms with Crippen molar-refractivity contribution in [1.29, 1.82) is 0 Å². The molecule has 0 aromatic heterocycles. The molecular formula is C69H128O6. The molecular weight excluding hydrogens is 925 g/mol. The Hall–Kier alpha value is -2.37. The molecule has 6 heteroatoms. The van der Waals surface area contributed by atoms with Gasteiger partial charge in [-0.15, -0.1) is 0 Å². The topological polar surface area (TPSA) is 78.9 Å². The smallest absolute Gasteiger partial charge is 0.306 e. The van der Waals surface area contributed by atoms with Gasteiger partial charge < -0.3 is 14.2 Å². The van der Waals surface area contributed by atoms with Gasteiger partial charge in [0.05, 0.1) is 0 Å². The lowest BCUT2D eigenvalue weighted by atomic mass is 10.0. The van der Waals surface area contributed by atoms with Crippen LogP contribution in [-0.2, 0) is 28.6 Å². The van der Waals surface area contributed by atoms with Crippen LogP contribution in [0.25, 0.3) is 0 Å². The average molecular weight is 1050 g/mol. The molecule has 0 aromatic rings. The molecule has 0 saturated carbocycles. The maximum Gasteiger partial charge on any atom is 0.306 e. The first-order valence-electron chi connectivity index (χ1n) is 33.5. The van der Waals surface area contributed by atoms with Crippen LogP contribution in [0.3, 0.4) is 0 Å². The van der Waals surface area contributed by atoms with Crippen LogP contribution < -0.4 is 0 Å². The minimum Gasteiger partial charge on any atom is -0.462 e. The molecule has 1 atom stereocenters. The van der Waals surface area contributed by atoms with E-state index in [-0.39, 0.29) is 31.1 Å². The van der Waals surface area contributed by atoms with E-state index in [0.29, 0.717) is 19.3 Å².